The number of nitrogens with zero attached hydrogens (tertiary/aromatic N) is 1. The molecule has 14 heavy (non-hydrogen) atoms. The van der Waals surface area contributed by atoms with Gasteiger partial charge in [0.25, 0.3) is 0 Å². The van der Waals surface area contributed by atoms with Gasteiger partial charge < -0.3 is 10.2 Å². The summed E-state index contributed by atoms with van der Waals surface area (Å²) in [6.45, 7) is 10.1. The number of hydrogen-bond donors (Lipinski definition) is 1. The maximum absolute atomic E-state index is 3.60. The van der Waals surface area contributed by atoms with Gasteiger partial charge in [-0.05, 0) is 41.3 Å². The van der Waals surface area contributed by atoms with E-state index < -0.39 is 0 Å². The minimum atomic E-state index is 0.250. The number of likely N-dealkylation sites (N-methyl/N-ethyl adjacent to an activating group) is 1. The molecule has 1 atom stereocenters. The van der Waals surface area contributed by atoms with Gasteiger partial charge in [-0.15, -0.1) is 0 Å². The van der Waals surface area contributed by atoms with Crippen molar-refractivity contribution in [1.29, 1.82) is 0 Å². The van der Waals surface area contributed by atoms with Crippen LogP contribution in [0.25, 0.3) is 0 Å². The maximum atomic E-state index is 3.60. The fraction of sp³-hybridized carbons (Fsp3) is 1.00. The Labute approximate surface area is 90.1 Å². The highest BCUT2D eigenvalue weighted by atomic mass is 15.2. The first-order valence-electron chi connectivity index (χ1n) is 5.81. The van der Waals surface area contributed by atoms with Gasteiger partial charge in [0, 0.05) is 18.1 Å². The van der Waals surface area contributed by atoms with E-state index in [0.29, 0.717) is 6.04 Å². The lowest BCUT2D eigenvalue weighted by Gasteiger charge is -2.34. The Morgan fingerprint density at radius 2 is 1.86 bits per heavy atom. The lowest BCUT2D eigenvalue weighted by molar-refractivity contribution is 0.184. The van der Waals surface area contributed by atoms with Crippen LogP contribution in [0.1, 0.15) is 47.0 Å². The Kier molecular flexibility index (Phi) is 6.38. The van der Waals surface area contributed by atoms with E-state index in [2.05, 4.69) is 52.0 Å². The van der Waals surface area contributed by atoms with Crippen LogP contribution >= 0.6 is 0 Å². The van der Waals surface area contributed by atoms with Crippen molar-refractivity contribution in [3.63, 3.8) is 0 Å². The van der Waals surface area contributed by atoms with E-state index in [0.717, 1.165) is 6.54 Å². The fourth-order valence-corrected chi connectivity index (χ4v) is 1.19. The second-order valence-corrected chi connectivity index (χ2v) is 5.13. The molecular weight excluding hydrogens is 172 g/mol. The van der Waals surface area contributed by atoms with Gasteiger partial charge in [0.15, 0.2) is 0 Å². The van der Waals surface area contributed by atoms with Crippen LogP contribution in [0.5, 0.6) is 0 Å². The molecular formula is C12H28N2. The molecule has 0 rings (SSSR count). The SMILES string of the molecule is CCCCC(C)NCC(C)(C)N(C)C. The largest absolute Gasteiger partial charge is 0.312 e. The summed E-state index contributed by atoms with van der Waals surface area (Å²) >= 11 is 0. The van der Waals surface area contributed by atoms with Crippen molar-refractivity contribution >= 4 is 0 Å². The zero-order valence-electron chi connectivity index (χ0n) is 10.9. The molecule has 1 unspecified atom stereocenters. The molecule has 0 spiro atoms. The van der Waals surface area contributed by atoms with Gasteiger partial charge in [-0.2, -0.15) is 0 Å². The lowest BCUT2D eigenvalue weighted by atomic mass is 10.0. The maximum Gasteiger partial charge on any atom is 0.0271 e. The van der Waals surface area contributed by atoms with Crippen molar-refractivity contribution in [1.82, 2.24) is 10.2 Å². The molecule has 0 saturated carbocycles. The molecule has 0 aromatic heterocycles. The number of hydrogen-bond acceptors (Lipinski definition) is 2. The molecule has 0 fully saturated rings. The minimum absolute atomic E-state index is 0.250. The van der Waals surface area contributed by atoms with Crippen LogP contribution in [-0.2, 0) is 0 Å². The van der Waals surface area contributed by atoms with E-state index >= 15 is 0 Å². The van der Waals surface area contributed by atoms with Gasteiger partial charge in [-0.3, -0.25) is 0 Å². The van der Waals surface area contributed by atoms with Crippen molar-refractivity contribution < 1.29 is 0 Å². The van der Waals surface area contributed by atoms with E-state index in [1.807, 2.05) is 0 Å². The average molecular weight is 200 g/mol. The Bertz CT molecular complexity index is 141. The lowest BCUT2D eigenvalue weighted by Crippen LogP contribution is -2.48. The van der Waals surface area contributed by atoms with E-state index in [1.165, 1.54) is 19.3 Å². The second kappa shape index (κ2) is 6.41. The normalized spacial score (nSPS) is 14.8. The van der Waals surface area contributed by atoms with E-state index in [1.54, 1.807) is 0 Å². The van der Waals surface area contributed by atoms with Crippen LogP contribution in [0.3, 0.4) is 0 Å². The van der Waals surface area contributed by atoms with Gasteiger partial charge >= 0.3 is 0 Å². The molecule has 86 valence electrons. The van der Waals surface area contributed by atoms with Gasteiger partial charge in [-0.25, -0.2) is 0 Å². The highest BCUT2D eigenvalue weighted by molar-refractivity contribution is 4.80. The first-order valence-corrected chi connectivity index (χ1v) is 5.81. The number of rotatable bonds is 7. The third-order valence-electron chi connectivity index (χ3n) is 3.08. The summed E-state index contributed by atoms with van der Waals surface area (Å²) in [5, 5.41) is 3.60. The summed E-state index contributed by atoms with van der Waals surface area (Å²) in [7, 11) is 4.27. The van der Waals surface area contributed by atoms with Gasteiger partial charge in [0.05, 0.1) is 0 Å². The average Bonchev–Trinajstić information content (AvgIpc) is 2.11. The molecule has 0 bridgehead atoms. The third-order valence-corrected chi connectivity index (χ3v) is 3.08. The van der Waals surface area contributed by atoms with Crippen LogP contribution in [0.2, 0.25) is 0 Å². The van der Waals surface area contributed by atoms with Crippen LogP contribution in [0.4, 0.5) is 0 Å². The molecule has 0 heterocycles. The van der Waals surface area contributed by atoms with E-state index in [-0.39, 0.29) is 5.54 Å². The van der Waals surface area contributed by atoms with E-state index in [9.17, 15) is 0 Å². The first-order chi connectivity index (χ1) is 6.40. The molecule has 0 aliphatic carbocycles. The van der Waals surface area contributed by atoms with Crippen LogP contribution < -0.4 is 5.32 Å². The first kappa shape index (κ1) is 13.9. The van der Waals surface area contributed by atoms with Crippen molar-refractivity contribution in [2.24, 2.45) is 0 Å². The summed E-state index contributed by atoms with van der Waals surface area (Å²) in [5.41, 5.74) is 0.250. The van der Waals surface area contributed by atoms with Crippen molar-refractivity contribution in [3.05, 3.63) is 0 Å². The predicted octanol–water partition coefficient (Wildman–Crippen LogP) is 2.49. The third kappa shape index (κ3) is 5.61. The minimum Gasteiger partial charge on any atom is -0.312 e. The Morgan fingerprint density at radius 3 is 2.29 bits per heavy atom. The van der Waals surface area contributed by atoms with E-state index in [4.69, 9.17) is 0 Å². The summed E-state index contributed by atoms with van der Waals surface area (Å²) in [5.74, 6) is 0. The second-order valence-electron chi connectivity index (χ2n) is 5.13. The molecule has 0 aromatic rings. The Morgan fingerprint density at radius 1 is 1.29 bits per heavy atom. The summed E-state index contributed by atoms with van der Waals surface area (Å²) in [6.07, 6.45) is 3.92. The van der Waals surface area contributed by atoms with Crippen molar-refractivity contribution in [2.75, 3.05) is 20.6 Å². The number of unbranched alkanes of at least 4 members (excludes halogenated alkanes) is 1. The van der Waals surface area contributed by atoms with Gasteiger partial charge in [0.1, 0.15) is 0 Å². The quantitative estimate of drug-likeness (QED) is 0.679. The molecule has 1 N–H and O–H groups in total. The van der Waals surface area contributed by atoms with Crippen LogP contribution in [0, 0.1) is 0 Å². The molecule has 0 aliphatic rings. The van der Waals surface area contributed by atoms with Crippen LogP contribution in [0.15, 0.2) is 0 Å². The fourth-order valence-electron chi connectivity index (χ4n) is 1.19. The Balaban J connectivity index is 3.70. The van der Waals surface area contributed by atoms with Crippen molar-refractivity contribution in [2.45, 2.75) is 58.5 Å². The molecule has 0 aliphatic heterocycles. The van der Waals surface area contributed by atoms with Crippen molar-refractivity contribution in [3.8, 4) is 0 Å². The highest BCUT2D eigenvalue weighted by Crippen LogP contribution is 2.09. The Hall–Kier alpha value is -0.0800. The topological polar surface area (TPSA) is 15.3 Å². The zero-order valence-corrected chi connectivity index (χ0v) is 10.9. The monoisotopic (exact) mass is 200 g/mol. The summed E-state index contributed by atoms with van der Waals surface area (Å²) < 4.78 is 0. The molecule has 0 saturated heterocycles. The highest BCUT2D eigenvalue weighted by Gasteiger charge is 2.20. The zero-order chi connectivity index (χ0) is 11.2. The molecule has 0 radical (unpaired) electrons. The van der Waals surface area contributed by atoms with Gasteiger partial charge in [0.2, 0.25) is 0 Å². The summed E-state index contributed by atoms with van der Waals surface area (Å²) in [6, 6.07) is 0.647. The molecule has 2 nitrogen and oxygen atoms in total. The standard InChI is InChI=1S/C12H28N2/c1-7-8-9-11(2)13-10-12(3,4)14(5)6/h11,13H,7-10H2,1-6H3. The van der Waals surface area contributed by atoms with Crippen LogP contribution in [-0.4, -0.2) is 37.1 Å². The predicted molar refractivity (Wildman–Crippen MR) is 64.8 cm³/mol. The summed E-state index contributed by atoms with van der Waals surface area (Å²) in [4.78, 5) is 2.27. The molecule has 0 amide bonds. The molecule has 2 heteroatoms. The smallest absolute Gasteiger partial charge is 0.0271 e. The molecule has 0 aromatic carbocycles. The van der Waals surface area contributed by atoms with Gasteiger partial charge in [-0.1, -0.05) is 19.8 Å². The number of nitrogens with one attached hydrogen (secondary N) is 1.